The average Bonchev–Trinajstić information content (AvgIpc) is 2.81. The van der Waals surface area contributed by atoms with Crippen molar-refractivity contribution in [3.63, 3.8) is 0 Å². The molecule has 1 amide bonds. The molecule has 2 N–H and O–H groups in total. The number of carboxylic acid groups (broad SMARTS) is 1. The first-order valence-corrected chi connectivity index (χ1v) is 6.63. The molecule has 0 aliphatic rings. The van der Waals surface area contributed by atoms with Gasteiger partial charge in [-0.1, -0.05) is 22.0 Å². The number of nitrogens with one attached hydrogen (secondary N) is 1. The predicted molar refractivity (Wildman–Crippen MR) is 73.4 cm³/mol. The van der Waals surface area contributed by atoms with Crippen molar-refractivity contribution < 1.29 is 14.7 Å². The fourth-order valence-corrected chi connectivity index (χ4v) is 2.38. The number of hydrogen-bond donors (Lipinski definition) is 2. The van der Waals surface area contributed by atoms with Gasteiger partial charge in [0.1, 0.15) is 0 Å². The standard InChI is InChI=1S/C12H8BrNO3S/c13-7-3-4-8(12(16)17)9(6-7)14-11(15)10-2-1-5-18-10/h1-6H,(H,14,15)(H,16,17). The number of carbonyl (C=O) groups is 2. The highest BCUT2D eigenvalue weighted by Gasteiger charge is 2.14. The third kappa shape index (κ3) is 2.77. The van der Waals surface area contributed by atoms with Crippen LogP contribution in [0.15, 0.2) is 40.2 Å². The second-order valence-corrected chi connectivity index (χ2v) is 5.29. The van der Waals surface area contributed by atoms with Gasteiger partial charge < -0.3 is 10.4 Å². The number of carbonyl (C=O) groups excluding carboxylic acids is 1. The smallest absolute Gasteiger partial charge is 0.337 e. The average molecular weight is 326 g/mol. The lowest BCUT2D eigenvalue weighted by atomic mass is 10.2. The van der Waals surface area contributed by atoms with Crippen LogP contribution in [-0.2, 0) is 0 Å². The molecular weight excluding hydrogens is 318 g/mol. The fraction of sp³-hybridized carbons (Fsp3) is 0. The molecule has 6 heteroatoms. The molecule has 0 unspecified atom stereocenters. The summed E-state index contributed by atoms with van der Waals surface area (Å²) < 4.78 is 0.703. The van der Waals surface area contributed by atoms with E-state index in [1.54, 1.807) is 29.6 Å². The van der Waals surface area contributed by atoms with Crippen molar-refractivity contribution in [3.05, 3.63) is 50.6 Å². The van der Waals surface area contributed by atoms with Gasteiger partial charge >= 0.3 is 5.97 Å². The number of carboxylic acids is 1. The van der Waals surface area contributed by atoms with Gasteiger partial charge in [0.05, 0.1) is 16.1 Å². The van der Waals surface area contributed by atoms with Crippen molar-refractivity contribution in [2.75, 3.05) is 5.32 Å². The topological polar surface area (TPSA) is 66.4 Å². The molecule has 0 bridgehead atoms. The summed E-state index contributed by atoms with van der Waals surface area (Å²) in [5.74, 6) is -1.39. The molecule has 2 rings (SSSR count). The van der Waals surface area contributed by atoms with E-state index in [0.717, 1.165) is 0 Å². The Morgan fingerprint density at radius 1 is 1.28 bits per heavy atom. The first kappa shape index (κ1) is 12.8. The SMILES string of the molecule is O=C(Nc1cc(Br)ccc1C(=O)O)c1cccs1. The molecule has 1 aromatic heterocycles. The minimum atomic E-state index is -1.08. The van der Waals surface area contributed by atoms with Gasteiger partial charge in [-0.3, -0.25) is 4.79 Å². The van der Waals surface area contributed by atoms with Gasteiger partial charge in [0.25, 0.3) is 5.91 Å². The highest BCUT2D eigenvalue weighted by molar-refractivity contribution is 9.10. The quantitative estimate of drug-likeness (QED) is 0.908. The van der Waals surface area contributed by atoms with Gasteiger partial charge in [-0.15, -0.1) is 11.3 Å². The first-order chi connectivity index (χ1) is 8.58. The van der Waals surface area contributed by atoms with Crippen LogP contribution in [0.3, 0.4) is 0 Å². The van der Waals surface area contributed by atoms with Gasteiger partial charge in [0, 0.05) is 4.47 Å². The summed E-state index contributed by atoms with van der Waals surface area (Å²) in [6.45, 7) is 0. The minimum Gasteiger partial charge on any atom is -0.478 e. The Morgan fingerprint density at radius 2 is 2.06 bits per heavy atom. The third-order valence-electron chi connectivity index (χ3n) is 2.21. The van der Waals surface area contributed by atoms with Crippen LogP contribution in [0.2, 0.25) is 0 Å². The molecule has 0 spiro atoms. The highest BCUT2D eigenvalue weighted by atomic mass is 79.9. The number of thiophene rings is 1. The summed E-state index contributed by atoms with van der Waals surface area (Å²) in [6.07, 6.45) is 0. The van der Waals surface area contributed by atoms with E-state index < -0.39 is 5.97 Å². The summed E-state index contributed by atoms with van der Waals surface area (Å²) in [4.78, 5) is 23.4. The lowest BCUT2D eigenvalue weighted by molar-refractivity contribution is 0.0698. The Labute approximate surface area is 115 Å². The van der Waals surface area contributed by atoms with Gasteiger partial charge in [-0.2, -0.15) is 0 Å². The Morgan fingerprint density at radius 3 is 2.67 bits per heavy atom. The van der Waals surface area contributed by atoms with Gasteiger partial charge in [-0.25, -0.2) is 4.79 Å². The molecule has 2 aromatic rings. The molecule has 0 aliphatic heterocycles. The van der Waals surface area contributed by atoms with Crippen LogP contribution in [0.4, 0.5) is 5.69 Å². The van der Waals surface area contributed by atoms with E-state index >= 15 is 0 Å². The zero-order chi connectivity index (χ0) is 13.1. The molecular formula is C12H8BrNO3S. The van der Waals surface area contributed by atoms with Crippen molar-refractivity contribution in [2.24, 2.45) is 0 Å². The number of anilines is 1. The van der Waals surface area contributed by atoms with E-state index in [4.69, 9.17) is 5.11 Å². The number of benzene rings is 1. The van der Waals surface area contributed by atoms with Crippen LogP contribution < -0.4 is 5.32 Å². The van der Waals surface area contributed by atoms with E-state index in [-0.39, 0.29) is 17.2 Å². The van der Waals surface area contributed by atoms with E-state index in [1.165, 1.54) is 17.4 Å². The lowest BCUT2D eigenvalue weighted by Crippen LogP contribution is -2.13. The Bertz CT molecular complexity index is 595. The van der Waals surface area contributed by atoms with Crippen LogP contribution in [-0.4, -0.2) is 17.0 Å². The van der Waals surface area contributed by atoms with Crippen molar-refractivity contribution in [2.45, 2.75) is 0 Å². The summed E-state index contributed by atoms with van der Waals surface area (Å²) in [6, 6.07) is 8.06. The van der Waals surface area contributed by atoms with E-state index in [9.17, 15) is 9.59 Å². The second kappa shape index (κ2) is 5.32. The number of aromatic carboxylic acids is 1. The fourth-order valence-electron chi connectivity index (χ4n) is 1.40. The number of halogens is 1. The molecule has 0 atom stereocenters. The third-order valence-corrected chi connectivity index (χ3v) is 3.57. The molecule has 1 aromatic carbocycles. The van der Waals surface area contributed by atoms with Gasteiger partial charge in [0.15, 0.2) is 0 Å². The maximum atomic E-state index is 11.9. The van der Waals surface area contributed by atoms with Crippen molar-refractivity contribution in [1.29, 1.82) is 0 Å². The molecule has 18 heavy (non-hydrogen) atoms. The van der Waals surface area contributed by atoms with Crippen molar-refractivity contribution in [1.82, 2.24) is 0 Å². The van der Waals surface area contributed by atoms with Crippen molar-refractivity contribution >= 4 is 44.8 Å². The van der Waals surface area contributed by atoms with Crippen LogP contribution in [0, 0.1) is 0 Å². The molecule has 0 aliphatic carbocycles. The van der Waals surface area contributed by atoms with Gasteiger partial charge in [0.2, 0.25) is 0 Å². The minimum absolute atomic E-state index is 0.0584. The summed E-state index contributed by atoms with van der Waals surface area (Å²) in [7, 11) is 0. The Kier molecular flexibility index (Phi) is 3.78. The molecule has 0 fully saturated rings. The molecule has 0 saturated carbocycles. The zero-order valence-electron chi connectivity index (χ0n) is 9.01. The summed E-state index contributed by atoms with van der Waals surface area (Å²) >= 11 is 4.54. The lowest BCUT2D eigenvalue weighted by Gasteiger charge is -2.08. The van der Waals surface area contributed by atoms with Crippen LogP contribution >= 0.6 is 27.3 Å². The van der Waals surface area contributed by atoms with Crippen molar-refractivity contribution in [3.8, 4) is 0 Å². The highest BCUT2D eigenvalue weighted by Crippen LogP contribution is 2.22. The maximum absolute atomic E-state index is 11.9. The largest absolute Gasteiger partial charge is 0.478 e. The normalized spacial score (nSPS) is 10.1. The number of hydrogen-bond acceptors (Lipinski definition) is 3. The molecule has 0 saturated heterocycles. The Hall–Kier alpha value is -1.66. The molecule has 4 nitrogen and oxygen atoms in total. The van der Waals surface area contributed by atoms with Gasteiger partial charge in [-0.05, 0) is 29.6 Å². The molecule has 1 heterocycles. The maximum Gasteiger partial charge on any atom is 0.337 e. The van der Waals surface area contributed by atoms with E-state index in [0.29, 0.717) is 9.35 Å². The molecule has 92 valence electrons. The first-order valence-electron chi connectivity index (χ1n) is 4.95. The zero-order valence-corrected chi connectivity index (χ0v) is 11.4. The predicted octanol–water partition coefficient (Wildman–Crippen LogP) is 3.46. The van der Waals surface area contributed by atoms with Crippen LogP contribution in [0.25, 0.3) is 0 Å². The Balaban J connectivity index is 2.31. The summed E-state index contributed by atoms with van der Waals surface area (Å²) in [5, 5.41) is 13.4. The second-order valence-electron chi connectivity index (χ2n) is 3.43. The summed E-state index contributed by atoms with van der Waals surface area (Å²) in [5.41, 5.74) is 0.332. The van der Waals surface area contributed by atoms with Crippen LogP contribution in [0.1, 0.15) is 20.0 Å². The molecule has 0 radical (unpaired) electrons. The van der Waals surface area contributed by atoms with E-state index in [2.05, 4.69) is 21.2 Å². The van der Waals surface area contributed by atoms with E-state index in [1.807, 2.05) is 0 Å². The monoisotopic (exact) mass is 325 g/mol. The number of amides is 1. The van der Waals surface area contributed by atoms with Crippen LogP contribution in [0.5, 0.6) is 0 Å². The number of rotatable bonds is 3.